The van der Waals surface area contributed by atoms with Crippen molar-refractivity contribution < 1.29 is 41.6 Å². The first-order valence-corrected chi connectivity index (χ1v) is 6.02. The van der Waals surface area contributed by atoms with Crippen LogP contribution in [0.25, 0.3) is 0 Å². The Morgan fingerprint density at radius 2 is 1.25 bits per heavy atom. The molecule has 0 saturated carbocycles. The molecular weight excluding hydrogens is 340 g/mol. The Morgan fingerprint density at radius 1 is 0.900 bits per heavy atom. The molecule has 0 atom stereocenters. The average Bonchev–Trinajstić information content (AvgIpc) is 2.23. The van der Waals surface area contributed by atoms with Crippen molar-refractivity contribution in [2.45, 2.75) is 46.7 Å². The van der Waals surface area contributed by atoms with Gasteiger partial charge in [0, 0.05) is 24.5 Å². The molecule has 1 heterocycles. The molecule has 1 aromatic heterocycles. The van der Waals surface area contributed by atoms with Crippen LogP contribution >= 0.6 is 0 Å². The SMILES string of the molecule is Cc1cc(C=NC(C)C)nc(C=NC(C)C)c1.[Cl-].[Cl-].[Co+2]. The Kier molecular flexibility index (Phi) is 15.2. The van der Waals surface area contributed by atoms with E-state index in [1.54, 1.807) is 0 Å². The van der Waals surface area contributed by atoms with Crippen molar-refractivity contribution in [3.63, 3.8) is 0 Å². The quantitative estimate of drug-likeness (QED) is 0.529. The van der Waals surface area contributed by atoms with E-state index in [9.17, 15) is 0 Å². The first kappa shape index (κ1) is 24.6. The van der Waals surface area contributed by atoms with Gasteiger partial charge in [0.15, 0.2) is 0 Å². The summed E-state index contributed by atoms with van der Waals surface area (Å²) in [4.78, 5) is 13.2. The third-order valence-electron chi connectivity index (χ3n) is 2.02. The van der Waals surface area contributed by atoms with Crippen LogP contribution in [-0.4, -0.2) is 29.5 Å². The van der Waals surface area contributed by atoms with E-state index >= 15 is 0 Å². The van der Waals surface area contributed by atoms with E-state index in [1.807, 2.05) is 52.3 Å². The Bertz CT molecular complexity index is 396. The summed E-state index contributed by atoms with van der Waals surface area (Å²) in [5, 5.41) is 0. The van der Waals surface area contributed by atoms with Crippen LogP contribution in [0, 0.1) is 6.92 Å². The van der Waals surface area contributed by atoms with Gasteiger partial charge in [0.1, 0.15) is 0 Å². The van der Waals surface area contributed by atoms with Crippen molar-refractivity contribution in [2.24, 2.45) is 9.98 Å². The van der Waals surface area contributed by atoms with Crippen molar-refractivity contribution in [1.29, 1.82) is 0 Å². The van der Waals surface area contributed by atoms with Gasteiger partial charge in [0.2, 0.25) is 0 Å². The molecule has 0 aromatic carbocycles. The summed E-state index contributed by atoms with van der Waals surface area (Å²) >= 11 is 0. The van der Waals surface area contributed by atoms with Gasteiger partial charge in [-0.2, -0.15) is 0 Å². The predicted octanol–water partition coefficient (Wildman–Crippen LogP) is -2.95. The minimum Gasteiger partial charge on any atom is -1.00 e. The van der Waals surface area contributed by atoms with Crippen LogP contribution in [0.4, 0.5) is 0 Å². The van der Waals surface area contributed by atoms with Gasteiger partial charge in [-0.3, -0.25) is 9.98 Å². The maximum Gasteiger partial charge on any atom is 2.00 e. The summed E-state index contributed by atoms with van der Waals surface area (Å²) in [5.74, 6) is 0. The molecule has 0 N–H and O–H groups in total. The van der Waals surface area contributed by atoms with E-state index in [0.717, 1.165) is 11.4 Å². The van der Waals surface area contributed by atoms with Gasteiger partial charge in [-0.1, -0.05) is 0 Å². The third kappa shape index (κ3) is 10.4. The van der Waals surface area contributed by atoms with Crippen LogP contribution in [0.3, 0.4) is 0 Å². The smallest absolute Gasteiger partial charge is 1.00 e. The van der Waals surface area contributed by atoms with Gasteiger partial charge in [0.05, 0.1) is 11.4 Å². The monoisotopic (exact) mass is 360 g/mol. The molecule has 0 spiro atoms. The molecule has 6 heteroatoms. The molecule has 1 radical (unpaired) electrons. The van der Waals surface area contributed by atoms with E-state index in [1.165, 1.54) is 5.56 Å². The number of halogens is 2. The second-order valence-corrected chi connectivity index (χ2v) is 4.74. The normalized spacial score (nSPS) is 10.6. The van der Waals surface area contributed by atoms with Crippen LogP contribution in [0.1, 0.15) is 44.6 Å². The Morgan fingerprint density at radius 3 is 1.55 bits per heavy atom. The summed E-state index contributed by atoms with van der Waals surface area (Å²) in [6.45, 7) is 10.3. The molecular formula is C14H21Cl2CoN3. The van der Waals surface area contributed by atoms with E-state index in [-0.39, 0.29) is 41.6 Å². The summed E-state index contributed by atoms with van der Waals surface area (Å²) in [5.41, 5.74) is 2.96. The van der Waals surface area contributed by atoms with Gasteiger partial charge in [-0.05, 0) is 52.3 Å². The van der Waals surface area contributed by atoms with E-state index < -0.39 is 0 Å². The molecule has 0 aliphatic heterocycles. The largest absolute Gasteiger partial charge is 2.00 e. The first-order chi connectivity index (χ1) is 7.97. The maximum atomic E-state index is 4.48. The second-order valence-electron chi connectivity index (χ2n) is 4.74. The Hall–Kier alpha value is -0.424. The standard InChI is InChI=1S/C14H21N3.2ClH.Co/c1-10(2)15-8-13-6-12(5)7-14(17-13)9-16-11(3)4;;;/h6-11H,1-5H3;2*1H;/q;;;+2/p-2. The molecule has 0 saturated heterocycles. The number of nitrogens with zero attached hydrogens (tertiary/aromatic N) is 3. The topological polar surface area (TPSA) is 37.6 Å². The predicted molar refractivity (Wildman–Crippen MR) is 74.4 cm³/mol. The van der Waals surface area contributed by atoms with Crippen molar-refractivity contribution in [2.75, 3.05) is 0 Å². The van der Waals surface area contributed by atoms with Crippen LogP contribution in [0.15, 0.2) is 22.1 Å². The number of rotatable bonds is 4. The van der Waals surface area contributed by atoms with Crippen LogP contribution in [0.5, 0.6) is 0 Å². The Balaban J connectivity index is -0.000000963. The van der Waals surface area contributed by atoms with Gasteiger partial charge in [-0.25, -0.2) is 4.98 Å². The zero-order valence-corrected chi connectivity index (χ0v) is 14.9. The van der Waals surface area contributed by atoms with Crippen LogP contribution in [-0.2, 0) is 16.8 Å². The zero-order chi connectivity index (χ0) is 12.8. The second kappa shape index (κ2) is 12.3. The molecule has 0 amide bonds. The molecule has 0 aliphatic rings. The fraction of sp³-hybridized carbons (Fsp3) is 0.500. The molecule has 0 bridgehead atoms. The average molecular weight is 361 g/mol. The number of pyridine rings is 1. The number of aryl methyl sites for hydroxylation is 1. The summed E-state index contributed by atoms with van der Waals surface area (Å²) in [7, 11) is 0. The summed E-state index contributed by atoms with van der Waals surface area (Å²) < 4.78 is 0. The summed E-state index contributed by atoms with van der Waals surface area (Å²) in [6.07, 6.45) is 3.65. The molecule has 3 nitrogen and oxygen atoms in total. The number of hydrogen-bond donors (Lipinski definition) is 0. The molecule has 1 rings (SSSR count). The first-order valence-electron chi connectivity index (χ1n) is 6.02. The minimum atomic E-state index is 0. The van der Waals surface area contributed by atoms with Crippen molar-refractivity contribution in [3.05, 3.63) is 29.1 Å². The molecule has 0 fully saturated rings. The van der Waals surface area contributed by atoms with E-state index in [4.69, 9.17) is 0 Å². The summed E-state index contributed by atoms with van der Waals surface area (Å²) in [6, 6.07) is 4.65. The van der Waals surface area contributed by atoms with E-state index in [0.29, 0.717) is 12.1 Å². The number of aliphatic imine (C=N–C) groups is 2. The molecule has 115 valence electrons. The molecule has 0 aliphatic carbocycles. The number of hydrogen-bond acceptors (Lipinski definition) is 3. The van der Waals surface area contributed by atoms with Crippen molar-refractivity contribution in [3.8, 4) is 0 Å². The zero-order valence-electron chi connectivity index (χ0n) is 12.4. The van der Waals surface area contributed by atoms with Crippen molar-refractivity contribution in [1.82, 2.24) is 4.98 Å². The van der Waals surface area contributed by atoms with Crippen LogP contribution < -0.4 is 24.8 Å². The van der Waals surface area contributed by atoms with Gasteiger partial charge in [0.25, 0.3) is 0 Å². The van der Waals surface area contributed by atoms with Crippen molar-refractivity contribution >= 4 is 12.4 Å². The minimum absolute atomic E-state index is 0. The van der Waals surface area contributed by atoms with Gasteiger partial charge >= 0.3 is 16.8 Å². The fourth-order valence-electron chi connectivity index (χ4n) is 1.30. The fourth-order valence-corrected chi connectivity index (χ4v) is 1.30. The maximum absolute atomic E-state index is 4.48. The molecule has 20 heavy (non-hydrogen) atoms. The molecule has 1 aromatic rings. The van der Waals surface area contributed by atoms with Crippen LogP contribution in [0.2, 0.25) is 0 Å². The number of aromatic nitrogens is 1. The van der Waals surface area contributed by atoms with Gasteiger partial charge in [-0.15, -0.1) is 0 Å². The van der Waals surface area contributed by atoms with E-state index in [2.05, 4.69) is 21.9 Å². The molecule has 0 unspecified atom stereocenters. The Labute approximate surface area is 144 Å². The third-order valence-corrected chi connectivity index (χ3v) is 2.02. The van der Waals surface area contributed by atoms with Gasteiger partial charge < -0.3 is 24.8 Å².